The predicted molar refractivity (Wildman–Crippen MR) is 79.9 cm³/mol. The number of nitrogens with one attached hydrogen (secondary N) is 1. The lowest BCUT2D eigenvalue weighted by atomic mass is 10.1. The van der Waals surface area contributed by atoms with E-state index in [1.807, 2.05) is 13.1 Å². The zero-order chi connectivity index (χ0) is 14.2. The summed E-state index contributed by atoms with van der Waals surface area (Å²) in [6.07, 6.45) is 2.09. The van der Waals surface area contributed by atoms with E-state index in [2.05, 4.69) is 40.0 Å². The average Bonchev–Trinajstić information content (AvgIpc) is 2.66. The van der Waals surface area contributed by atoms with Gasteiger partial charge in [0, 0.05) is 17.6 Å². The molecule has 1 aromatic carbocycles. The summed E-state index contributed by atoms with van der Waals surface area (Å²) in [6, 6.07) is 4.02. The van der Waals surface area contributed by atoms with Gasteiger partial charge in [-0.1, -0.05) is 13.8 Å². The summed E-state index contributed by atoms with van der Waals surface area (Å²) in [5, 5.41) is 2.61. The number of fused-ring (bicyclic) bond motifs is 1. The topological polar surface area (TPSA) is 49.4 Å². The van der Waals surface area contributed by atoms with E-state index in [1.54, 1.807) is 6.07 Å². The van der Waals surface area contributed by atoms with E-state index in [9.17, 15) is 9.59 Å². The van der Waals surface area contributed by atoms with Gasteiger partial charge >= 0.3 is 0 Å². The van der Waals surface area contributed by atoms with Gasteiger partial charge in [-0.2, -0.15) is 0 Å². The van der Waals surface area contributed by atoms with E-state index in [0.717, 1.165) is 23.0 Å². The van der Waals surface area contributed by atoms with Gasteiger partial charge in [0.1, 0.15) is 0 Å². The summed E-state index contributed by atoms with van der Waals surface area (Å²) >= 11 is 3.49. The Morgan fingerprint density at radius 2 is 1.89 bits per heavy atom. The second-order valence-electron chi connectivity index (χ2n) is 4.71. The highest BCUT2D eigenvalue weighted by Gasteiger charge is 2.29. The van der Waals surface area contributed by atoms with Gasteiger partial charge < -0.3 is 10.2 Å². The third-order valence-electron chi connectivity index (χ3n) is 3.66. The molecular weight excluding hydrogens is 308 g/mol. The maximum Gasteiger partial charge on any atom is 0.296 e. The van der Waals surface area contributed by atoms with Crippen molar-refractivity contribution in [1.29, 1.82) is 0 Å². The molecule has 4 nitrogen and oxygen atoms in total. The van der Waals surface area contributed by atoms with Crippen molar-refractivity contribution in [2.45, 2.75) is 32.7 Å². The highest BCUT2D eigenvalue weighted by Crippen LogP contribution is 2.36. The van der Waals surface area contributed by atoms with E-state index in [1.165, 1.54) is 0 Å². The number of amides is 1. The van der Waals surface area contributed by atoms with Crippen LogP contribution in [0.5, 0.6) is 0 Å². The molecular formula is C14H17BrN2O2. The first-order valence-electron chi connectivity index (χ1n) is 6.41. The van der Waals surface area contributed by atoms with Crippen molar-refractivity contribution in [3.63, 3.8) is 0 Å². The van der Waals surface area contributed by atoms with E-state index in [-0.39, 0.29) is 0 Å². The van der Waals surface area contributed by atoms with Crippen LogP contribution in [0.2, 0.25) is 0 Å². The summed E-state index contributed by atoms with van der Waals surface area (Å²) in [7, 11) is 2.03. The van der Waals surface area contributed by atoms with E-state index >= 15 is 0 Å². The fraction of sp³-hybridized carbons (Fsp3) is 0.429. The molecule has 5 heteroatoms. The number of benzene rings is 1. The Balaban J connectivity index is 2.42. The van der Waals surface area contributed by atoms with Gasteiger partial charge in [-0.15, -0.1) is 0 Å². The van der Waals surface area contributed by atoms with Gasteiger partial charge in [-0.25, -0.2) is 0 Å². The summed E-state index contributed by atoms with van der Waals surface area (Å²) in [4.78, 5) is 25.2. The second kappa shape index (κ2) is 5.33. The summed E-state index contributed by atoms with van der Waals surface area (Å²) < 4.78 is 0.838. The van der Waals surface area contributed by atoms with Crippen LogP contribution in [0.15, 0.2) is 16.6 Å². The summed E-state index contributed by atoms with van der Waals surface area (Å²) in [5.41, 5.74) is 2.03. The third kappa shape index (κ3) is 2.39. The van der Waals surface area contributed by atoms with Crippen LogP contribution in [0.4, 0.5) is 11.4 Å². The van der Waals surface area contributed by atoms with Gasteiger partial charge in [-0.3, -0.25) is 9.59 Å². The van der Waals surface area contributed by atoms with Crippen LogP contribution in [0.3, 0.4) is 0 Å². The molecule has 0 saturated carbocycles. The molecule has 0 bridgehead atoms. The fourth-order valence-electron chi connectivity index (χ4n) is 2.46. The zero-order valence-corrected chi connectivity index (χ0v) is 12.9. The van der Waals surface area contributed by atoms with Gasteiger partial charge in [0.05, 0.1) is 16.9 Å². The molecule has 0 atom stereocenters. The number of hydrogen-bond donors (Lipinski definition) is 1. The molecule has 102 valence electrons. The molecule has 0 radical (unpaired) electrons. The lowest BCUT2D eigenvalue weighted by Crippen LogP contribution is -2.30. The largest absolute Gasteiger partial charge is 0.371 e. The highest BCUT2D eigenvalue weighted by molar-refractivity contribution is 9.10. The van der Waals surface area contributed by atoms with Crippen molar-refractivity contribution in [2.75, 3.05) is 17.3 Å². The van der Waals surface area contributed by atoms with Crippen molar-refractivity contribution in [3.8, 4) is 0 Å². The zero-order valence-electron chi connectivity index (χ0n) is 11.3. The van der Waals surface area contributed by atoms with Crippen molar-refractivity contribution >= 4 is 39.0 Å². The molecule has 0 aliphatic carbocycles. The molecule has 1 amide bonds. The maximum absolute atomic E-state index is 11.6. The van der Waals surface area contributed by atoms with Gasteiger partial charge in [0.2, 0.25) is 0 Å². The Morgan fingerprint density at radius 1 is 1.26 bits per heavy atom. The Labute approximate surface area is 121 Å². The molecule has 0 fully saturated rings. The Kier molecular flexibility index (Phi) is 3.94. The maximum atomic E-state index is 11.6. The summed E-state index contributed by atoms with van der Waals surface area (Å²) in [6.45, 7) is 4.30. The first-order chi connectivity index (χ1) is 8.99. The number of halogens is 1. The molecule has 1 N–H and O–H groups in total. The molecule has 2 rings (SSSR count). The number of hydrogen-bond acceptors (Lipinski definition) is 3. The Morgan fingerprint density at radius 3 is 2.47 bits per heavy atom. The minimum atomic E-state index is -0.552. The number of anilines is 2. The monoisotopic (exact) mass is 324 g/mol. The number of ketones is 1. The van der Waals surface area contributed by atoms with E-state index in [0.29, 0.717) is 17.3 Å². The van der Waals surface area contributed by atoms with Crippen molar-refractivity contribution in [1.82, 2.24) is 0 Å². The predicted octanol–water partition coefficient (Wildman–Crippen LogP) is 3.21. The number of carbonyl (C=O) groups is 2. The molecule has 0 saturated heterocycles. The molecule has 1 heterocycles. The standard InChI is InChI=1S/C14H17BrN2O2/c1-4-8(5-2)17(3)12-7-11-9(6-10(12)15)13(18)14(19)16-11/h6-8H,4-5H2,1-3H3,(H,16,18,19). The molecule has 1 aliphatic rings. The van der Waals surface area contributed by atoms with Crippen molar-refractivity contribution in [3.05, 3.63) is 22.2 Å². The average molecular weight is 325 g/mol. The third-order valence-corrected chi connectivity index (χ3v) is 4.29. The minimum absolute atomic E-state index is 0.433. The molecule has 1 aliphatic heterocycles. The normalized spacial score (nSPS) is 13.7. The van der Waals surface area contributed by atoms with Crippen LogP contribution in [0.25, 0.3) is 0 Å². The molecule has 0 aromatic heterocycles. The highest BCUT2D eigenvalue weighted by atomic mass is 79.9. The first kappa shape index (κ1) is 14.1. The van der Waals surface area contributed by atoms with Crippen LogP contribution in [0.1, 0.15) is 37.0 Å². The quantitative estimate of drug-likeness (QED) is 0.865. The van der Waals surface area contributed by atoms with Crippen LogP contribution in [-0.4, -0.2) is 24.8 Å². The number of nitrogens with zero attached hydrogens (tertiary/aromatic N) is 1. The SMILES string of the molecule is CCC(CC)N(C)c1cc2c(cc1Br)C(=O)C(=O)N2. The molecule has 0 unspecified atom stereocenters. The van der Waals surface area contributed by atoms with Gasteiger partial charge in [0.25, 0.3) is 11.7 Å². The van der Waals surface area contributed by atoms with Crippen LogP contribution >= 0.6 is 15.9 Å². The van der Waals surface area contributed by atoms with Gasteiger partial charge in [-0.05, 0) is 40.9 Å². The smallest absolute Gasteiger partial charge is 0.296 e. The lowest BCUT2D eigenvalue weighted by Gasteiger charge is -2.29. The Bertz CT molecular complexity index is 538. The van der Waals surface area contributed by atoms with E-state index in [4.69, 9.17) is 0 Å². The molecule has 0 spiro atoms. The number of Topliss-reactive ketones (excluding diaryl/α,β-unsaturated/α-hetero) is 1. The van der Waals surface area contributed by atoms with Crippen LogP contribution < -0.4 is 10.2 Å². The molecule has 1 aromatic rings. The summed E-state index contributed by atoms with van der Waals surface area (Å²) in [5.74, 6) is -1.02. The van der Waals surface area contributed by atoms with E-state index < -0.39 is 11.7 Å². The van der Waals surface area contributed by atoms with Crippen molar-refractivity contribution in [2.24, 2.45) is 0 Å². The fourth-order valence-corrected chi connectivity index (χ4v) is 3.08. The lowest BCUT2D eigenvalue weighted by molar-refractivity contribution is -0.112. The number of carbonyl (C=O) groups excluding carboxylic acids is 2. The van der Waals surface area contributed by atoms with Crippen LogP contribution in [-0.2, 0) is 4.79 Å². The second-order valence-corrected chi connectivity index (χ2v) is 5.57. The number of rotatable bonds is 4. The first-order valence-corrected chi connectivity index (χ1v) is 7.20. The molecule has 19 heavy (non-hydrogen) atoms. The van der Waals surface area contributed by atoms with Gasteiger partial charge in [0.15, 0.2) is 0 Å². The van der Waals surface area contributed by atoms with Crippen molar-refractivity contribution < 1.29 is 9.59 Å². The minimum Gasteiger partial charge on any atom is -0.371 e. The Hall–Kier alpha value is -1.36. The van der Waals surface area contributed by atoms with Crippen LogP contribution in [0, 0.1) is 0 Å².